The lowest BCUT2D eigenvalue weighted by Crippen LogP contribution is -2.22. The van der Waals surface area contributed by atoms with E-state index in [4.69, 9.17) is 11.6 Å². The first-order chi connectivity index (χ1) is 10.2. The molecule has 0 radical (unpaired) electrons. The number of hydrogen-bond donors (Lipinski definition) is 1. The van der Waals surface area contributed by atoms with Crippen LogP contribution in [0, 0.1) is 0 Å². The van der Waals surface area contributed by atoms with Gasteiger partial charge in [0.25, 0.3) is 0 Å². The van der Waals surface area contributed by atoms with Crippen molar-refractivity contribution in [1.29, 1.82) is 0 Å². The lowest BCUT2D eigenvalue weighted by atomic mass is 10.1. The van der Waals surface area contributed by atoms with E-state index in [-0.39, 0.29) is 0 Å². The second-order valence-electron chi connectivity index (χ2n) is 5.61. The van der Waals surface area contributed by atoms with Gasteiger partial charge in [-0.05, 0) is 36.6 Å². The average Bonchev–Trinajstić information content (AvgIpc) is 3.31. The molecule has 0 spiro atoms. The Morgan fingerprint density at radius 2 is 2.14 bits per heavy atom. The second kappa shape index (κ2) is 6.46. The summed E-state index contributed by atoms with van der Waals surface area (Å²) in [6, 6.07) is 10.8. The molecule has 3 rings (SSSR count). The Bertz CT molecular complexity index is 596. The highest BCUT2D eigenvalue weighted by Gasteiger charge is 2.21. The van der Waals surface area contributed by atoms with E-state index in [1.165, 1.54) is 29.7 Å². The molecule has 0 amide bonds. The molecule has 0 aliphatic heterocycles. The number of benzene rings is 1. The van der Waals surface area contributed by atoms with E-state index in [0.717, 1.165) is 18.1 Å². The standard InChI is InChI=1S/C17H20ClN3/c1-21(12-13-4-3-9-19-10-13)17-6-2-5-16(18)15(17)11-20-14-7-8-14/h2-6,9-10,14,20H,7-8,11-12H2,1H3. The monoisotopic (exact) mass is 301 g/mol. The van der Waals surface area contributed by atoms with Crippen molar-refractivity contribution in [2.24, 2.45) is 0 Å². The van der Waals surface area contributed by atoms with Crippen molar-refractivity contribution in [2.75, 3.05) is 11.9 Å². The molecular weight excluding hydrogens is 282 g/mol. The van der Waals surface area contributed by atoms with E-state index in [2.05, 4.69) is 34.4 Å². The Balaban J connectivity index is 1.77. The predicted molar refractivity (Wildman–Crippen MR) is 87.7 cm³/mol. The number of pyridine rings is 1. The van der Waals surface area contributed by atoms with Gasteiger partial charge in [-0.3, -0.25) is 4.98 Å². The Kier molecular flexibility index (Phi) is 4.42. The number of anilines is 1. The number of aromatic nitrogens is 1. The molecule has 4 heteroatoms. The average molecular weight is 302 g/mol. The third-order valence-electron chi connectivity index (χ3n) is 3.79. The lowest BCUT2D eigenvalue weighted by Gasteiger charge is -2.23. The van der Waals surface area contributed by atoms with Crippen LogP contribution in [0.15, 0.2) is 42.7 Å². The fraction of sp³-hybridized carbons (Fsp3) is 0.353. The fourth-order valence-corrected chi connectivity index (χ4v) is 2.70. The minimum absolute atomic E-state index is 0.678. The van der Waals surface area contributed by atoms with E-state index >= 15 is 0 Å². The maximum absolute atomic E-state index is 6.40. The molecule has 0 atom stereocenters. The van der Waals surface area contributed by atoms with E-state index in [1.54, 1.807) is 6.20 Å². The molecule has 0 unspecified atom stereocenters. The van der Waals surface area contributed by atoms with Crippen LogP contribution >= 0.6 is 11.6 Å². The minimum atomic E-state index is 0.678. The summed E-state index contributed by atoms with van der Waals surface area (Å²) in [6.45, 7) is 1.65. The Labute approximate surface area is 131 Å². The van der Waals surface area contributed by atoms with Crippen LogP contribution in [0.2, 0.25) is 5.02 Å². The second-order valence-corrected chi connectivity index (χ2v) is 6.02. The summed E-state index contributed by atoms with van der Waals surface area (Å²) in [7, 11) is 2.10. The van der Waals surface area contributed by atoms with Gasteiger partial charge in [-0.15, -0.1) is 0 Å². The summed E-state index contributed by atoms with van der Waals surface area (Å²) < 4.78 is 0. The zero-order valence-corrected chi connectivity index (χ0v) is 13.0. The van der Waals surface area contributed by atoms with Crippen LogP contribution < -0.4 is 10.2 Å². The molecule has 1 aliphatic rings. The summed E-state index contributed by atoms with van der Waals surface area (Å²) in [5, 5.41) is 4.38. The topological polar surface area (TPSA) is 28.2 Å². The van der Waals surface area contributed by atoms with E-state index in [1.807, 2.05) is 24.4 Å². The molecule has 0 bridgehead atoms. The molecule has 3 nitrogen and oxygen atoms in total. The van der Waals surface area contributed by atoms with Crippen molar-refractivity contribution in [2.45, 2.75) is 32.0 Å². The molecule has 110 valence electrons. The molecule has 1 N–H and O–H groups in total. The molecule has 1 aliphatic carbocycles. The van der Waals surface area contributed by atoms with Gasteiger partial charge in [0.2, 0.25) is 0 Å². The van der Waals surface area contributed by atoms with Crippen LogP contribution in [0.3, 0.4) is 0 Å². The highest BCUT2D eigenvalue weighted by molar-refractivity contribution is 6.31. The van der Waals surface area contributed by atoms with Gasteiger partial charge in [0.1, 0.15) is 0 Å². The molecule has 1 heterocycles. The van der Waals surface area contributed by atoms with Gasteiger partial charge in [0, 0.05) is 54.8 Å². The molecule has 1 aromatic heterocycles. The minimum Gasteiger partial charge on any atom is -0.370 e. The van der Waals surface area contributed by atoms with Crippen LogP contribution in [-0.2, 0) is 13.1 Å². The van der Waals surface area contributed by atoms with Crippen LogP contribution in [0.1, 0.15) is 24.0 Å². The zero-order valence-electron chi connectivity index (χ0n) is 12.2. The maximum atomic E-state index is 6.40. The predicted octanol–water partition coefficient (Wildman–Crippen LogP) is 3.62. The summed E-state index contributed by atoms with van der Waals surface area (Å²) in [5.74, 6) is 0. The van der Waals surface area contributed by atoms with Crippen molar-refractivity contribution >= 4 is 17.3 Å². The van der Waals surface area contributed by atoms with Crippen LogP contribution in [0.25, 0.3) is 0 Å². The maximum Gasteiger partial charge on any atom is 0.0471 e. The SMILES string of the molecule is CN(Cc1cccnc1)c1cccc(Cl)c1CNC1CC1. The van der Waals surface area contributed by atoms with Gasteiger partial charge in [0.15, 0.2) is 0 Å². The zero-order chi connectivity index (χ0) is 14.7. The highest BCUT2D eigenvalue weighted by atomic mass is 35.5. The molecule has 1 saturated carbocycles. The van der Waals surface area contributed by atoms with Crippen molar-refractivity contribution < 1.29 is 0 Å². The number of hydrogen-bond acceptors (Lipinski definition) is 3. The van der Waals surface area contributed by atoms with E-state index in [0.29, 0.717) is 6.04 Å². The Hall–Kier alpha value is -1.58. The van der Waals surface area contributed by atoms with Crippen LogP contribution in [0.4, 0.5) is 5.69 Å². The molecule has 1 aromatic carbocycles. The molecule has 2 aromatic rings. The Morgan fingerprint density at radius 1 is 1.29 bits per heavy atom. The molecule has 21 heavy (non-hydrogen) atoms. The van der Waals surface area contributed by atoms with E-state index < -0.39 is 0 Å². The first-order valence-electron chi connectivity index (χ1n) is 7.35. The van der Waals surface area contributed by atoms with E-state index in [9.17, 15) is 0 Å². The third-order valence-corrected chi connectivity index (χ3v) is 4.15. The van der Waals surface area contributed by atoms with Gasteiger partial charge in [-0.2, -0.15) is 0 Å². The van der Waals surface area contributed by atoms with Crippen molar-refractivity contribution in [3.8, 4) is 0 Å². The first kappa shape index (κ1) is 14.4. The number of halogens is 1. The van der Waals surface area contributed by atoms with Crippen LogP contribution in [-0.4, -0.2) is 18.1 Å². The fourth-order valence-electron chi connectivity index (χ4n) is 2.46. The lowest BCUT2D eigenvalue weighted by molar-refractivity contribution is 0.685. The summed E-state index contributed by atoms with van der Waals surface area (Å²) in [5.41, 5.74) is 3.55. The van der Waals surface area contributed by atoms with Gasteiger partial charge in [0.05, 0.1) is 0 Å². The largest absolute Gasteiger partial charge is 0.370 e. The number of nitrogens with zero attached hydrogens (tertiary/aromatic N) is 2. The van der Waals surface area contributed by atoms with Gasteiger partial charge < -0.3 is 10.2 Å². The van der Waals surface area contributed by atoms with Gasteiger partial charge in [-0.25, -0.2) is 0 Å². The van der Waals surface area contributed by atoms with Crippen LogP contribution in [0.5, 0.6) is 0 Å². The van der Waals surface area contributed by atoms with Crippen molar-refractivity contribution in [3.05, 3.63) is 58.9 Å². The first-order valence-corrected chi connectivity index (χ1v) is 7.72. The van der Waals surface area contributed by atoms with Crippen molar-refractivity contribution in [1.82, 2.24) is 10.3 Å². The highest BCUT2D eigenvalue weighted by Crippen LogP contribution is 2.29. The summed E-state index contributed by atoms with van der Waals surface area (Å²) in [4.78, 5) is 6.40. The van der Waals surface area contributed by atoms with Gasteiger partial charge in [-0.1, -0.05) is 23.7 Å². The quantitative estimate of drug-likeness (QED) is 0.883. The third kappa shape index (κ3) is 3.74. The van der Waals surface area contributed by atoms with Gasteiger partial charge >= 0.3 is 0 Å². The number of nitrogens with one attached hydrogen (secondary N) is 1. The summed E-state index contributed by atoms with van der Waals surface area (Å²) >= 11 is 6.40. The summed E-state index contributed by atoms with van der Waals surface area (Å²) in [6.07, 6.45) is 6.27. The van der Waals surface area contributed by atoms with Crippen molar-refractivity contribution in [3.63, 3.8) is 0 Å². The molecule has 1 fully saturated rings. The molecule has 0 saturated heterocycles. The molecular formula is C17H20ClN3. The Morgan fingerprint density at radius 3 is 2.86 bits per heavy atom. The number of rotatable bonds is 6. The smallest absolute Gasteiger partial charge is 0.0471 e. The normalized spacial score (nSPS) is 14.2.